The van der Waals surface area contributed by atoms with Gasteiger partial charge in [0.1, 0.15) is 0 Å². The molecule has 0 fully saturated rings. The number of carbonyl (C=O) groups excluding carboxylic acids is 1. The fourth-order valence-corrected chi connectivity index (χ4v) is 1.41. The van der Waals surface area contributed by atoms with Crippen LogP contribution in [0.25, 0.3) is 0 Å². The van der Waals surface area contributed by atoms with Crippen molar-refractivity contribution in [3.05, 3.63) is 29.8 Å². The van der Waals surface area contributed by atoms with Gasteiger partial charge in [0, 0.05) is 12.8 Å². The highest BCUT2D eigenvalue weighted by Gasteiger charge is 2.16. The third-order valence-electron chi connectivity index (χ3n) is 2.33. The Hall–Kier alpha value is -1.79. The number of benzene rings is 1. The lowest BCUT2D eigenvalue weighted by Crippen LogP contribution is -2.31. The van der Waals surface area contributed by atoms with Crippen LogP contribution < -0.4 is 5.06 Å². The molecule has 0 aliphatic carbocycles. The average molecular weight is 231 g/mol. The Labute approximate surface area is 102 Å². The molecule has 0 aliphatic heterocycles. The molecule has 0 saturated carbocycles. The zero-order chi connectivity index (χ0) is 12.7. The van der Waals surface area contributed by atoms with Crippen LogP contribution in [0, 0.1) is 19.3 Å². The largest absolute Gasteiger partial charge is 0.272 e. The second-order valence-electron chi connectivity index (χ2n) is 3.62. The first-order chi connectivity index (χ1) is 8.20. The molecule has 0 bridgehead atoms. The fraction of sp³-hybridized carbons (Fsp3) is 0.357. The van der Waals surface area contributed by atoms with E-state index in [2.05, 4.69) is 5.92 Å². The highest BCUT2D eigenvalue weighted by atomic mass is 16.7. The number of aryl methyl sites for hydroxylation is 1. The van der Waals surface area contributed by atoms with Gasteiger partial charge in [0.15, 0.2) is 0 Å². The first-order valence-corrected chi connectivity index (χ1v) is 5.65. The van der Waals surface area contributed by atoms with Gasteiger partial charge in [-0.15, -0.1) is 12.3 Å². The van der Waals surface area contributed by atoms with Gasteiger partial charge < -0.3 is 0 Å². The molecule has 1 aromatic carbocycles. The first-order valence-electron chi connectivity index (χ1n) is 5.65. The molecule has 1 amide bonds. The zero-order valence-corrected chi connectivity index (χ0v) is 10.3. The van der Waals surface area contributed by atoms with E-state index < -0.39 is 0 Å². The maximum absolute atomic E-state index is 11.8. The van der Waals surface area contributed by atoms with Gasteiger partial charge in [-0.3, -0.25) is 9.63 Å². The van der Waals surface area contributed by atoms with E-state index in [1.807, 2.05) is 31.2 Å². The first kappa shape index (κ1) is 13.3. The van der Waals surface area contributed by atoms with Crippen LogP contribution in [0.4, 0.5) is 5.69 Å². The van der Waals surface area contributed by atoms with Crippen LogP contribution in [0.5, 0.6) is 0 Å². The van der Waals surface area contributed by atoms with E-state index >= 15 is 0 Å². The van der Waals surface area contributed by atoms with Crippen molar-refractivity contribution in [1.82, 2.24) is 0 Å². The number of hydrogen-bond acceptors (Lipinski definition) is 2. The summed E-state index contributed by atoms with van der Waals surface area (Å²) in [7, 11) is 0. The van der Waals surface area contributed by atoms with E-state index in [4.69, 9.17) is 11.3 Å². The highest BCUT2D eigenvalue weighted by Crippen LogP contribution is 2.20. The van der Waals surface area contributed by atoms with Gasteiger partial charge in [-0.2, -0.15) is 5.06 Å². The predicted molar refractivity (Wildman–Crippen MR) is 68.4 cm³/mol. The van der Waals surface area contributed by atoms with Gasteiger partial charge in [0.2, 0.25) is 0 Å². The summed E-state index contributed by atoms with van der Waals surface area (Å²) in [6.45, 7) is 4.09. The van der Waals surface area contributed by atoms with Crippen molar-refractivity contribution in [3.8, 4) is 12.3 Å². The second-order valence-corrected chi connectivity index (χ2v) is 3.62. The van der Waals surface area contributed by atoms with E-state index in [-0.39, 0.29) is 5.91 Å². The summed E-state index contributed by atoms with van der Waals surface area (Å²) in [4.78, 5) is 17.3. The monoisotopic (exact) mass is 231 g/mol. The number of hydrogen-bond donors (Lipinski definition) is 0. The Morgan fingerprint density at radius 1 is 1.47 bits per heavy atom. The molecule has 0 aromatic heterocycles. The van der Waals surface area contributed by atoms with E-state index in [0.717, 1.165) is 11.3 Å². The van der Waals surface area contributed by atoms with E-state index in [9.17, 15) is 4.79 Å². The smallest absolute Gasteiger partial charge is 0.250 e. The van der Waals surface area contributed by atoms with Crippen LogP contribution in [0.15, 0.2) is 24.3 Å². The highest BCUT2D eigenvalue weighted by molar-refractivity contribution is 5.91. The Balaban J connectivity index is 2.87. The Kier molecular flexibility index (Phi) is 5.25. The van der Waals surface area contributed by atoms with Crippen molar-refractivity contribution < 1.29 is 9.63 Å². The van der Waals surface area contributed by atoms with Gasteiger partial charge in [-0.05, 0) is 18.6 Å². The molecule has 0 atom stereocenters. The number of rotatable bonds is 5. The molecule has 90 valence electrons. The molecule has 0 heterocycles. The number of hydroxylamine groups is 1. The molecule has 0 N–H and O–H groups in total. The summed E-state index contributed by atoms with van der Waals surface area (Å²) >= 11 is 0. The van der Waals surface area contributed by atoms with Gasteiger partial charge in [0.25, 0.3) is 5.91 Å². The SMILES string of the molecule is C#CCCON(C(=O)CC)c1ccccc1C. The number of anilines is 1. The summed E-state index contributed by atoms with van der Waals surface area (Å²) in [5.74, 6) is 2.41. The lowest BCUT2D eigenvalue weighted by atomic mass is 10.2. The maximum atomic E-state index is 11.8. The molecular formula is C14H17NO2. The minimum Gasteiger partial charge on any atom is -0.272 e. The average Bonchev–Trinajstić information content (AvgIpc) is 2.35. The third-order valence-corrected chi connectivity index (χ3v) is 2.33. The van der Waals surface area contributed by atoms with E-state index in [1.54, 1.807) is 6.92 Å². The zero-order valence-electron chi connectivity index (χ0n) is 10.3. The predicted octanol–water partition coefficient (Wildman–Crippen LogP) is 2.69. The molecule has 3 nitrogen and oxygen atoms in total. The van der Waals surface area contributed by atoms with Gasteiger partial charge in [-0.1, -0.05) is 25.1 Å². The molecule has 0 saturated heterocycles. The molecule has 0 spiro atoms. The number of nitrogens with zero attached hydrogens (tertiary/aromatic N) is 1. The molecule has 3 heteroatoms. The van der Waals surface area contributed by atoms with Crippen molar-refractivity contribution in [2.24, 2.45) is 0 Å². The van der Waals surface area contributed by atoms with Crippen LogP contribution in [0.1, 0.15) is 25.3 Å². The summed E-state index contributed by atoms with van der Waals surface area (Å²) in [5.41, 5.74) is 1.77. The lowest BCUT2D eigenvalue weighted by Gasteiger charge is -2.22. The van der Waals surface area contributed by atoms with Crippen LogP contribution >= 0.6 is 0 Å². The molecule has 17 heavy (non-hydrogen) atoms. The van der Waals surface area contributed by atoms with Crippen molar-refractivity contribution in [1.29, 1.82) is 0 Å². The van der Waals surface area contributed by atoms with Gasteiger partial charge >= 0.3 is 0 Å². The normalized spacial score (nSPS) is 9.71. The summed E-state index contributed by atoms with van der Waals surface area (Å²) in [6, 6.07) is 7.60. The quantitative estimate of drug-likeness (QED) is 0.443. The fourth-order valence-electron chi connectivity index (χ4n) is 1.41. The topological polar surface area (TPSA) is 29.5 Å². The third kappa shape index (κ3) is 3.61. The Morgan fingerprint density at radius 3 is 2.76 bits per heavy atom. The lowest BCUT2D eigenvalue weighted by molar-refractivity contribution is -0.125. The van der Waals surface area contributed by atoms with Crippen molar-refractivity contribution in [2.75, 3.05) is 11.7 Å². The molecule has 1 aromatic rings. The molecular weight excluding hydrogens is 214 g/mol. The maximum Gasteiger partial charge on any atom is 0.250 e. The van der Waals surface area contributed by atoms with Crippen LogP contribution in [-0.2, 0) is 9.63 Å². The minimum absolute atomic E-state index is 0.0729. The summed E-state index contributed by atoms with van der Waals surface area (Å²) < 4.78 is 0. The molecule has 0 radical (unpaired) electrons. The van der Waals surface area contributed by atoms with Crippen LogP contribution in [0.2, 0.25) is 0 Å². The van der Waals surface area contributed by atoms with Gasteiger partial charge in [0.05, 0.1) is 12.3 Å². The Bertz CT molecular complexity index is 420. The number of amides is 1. The molecule has 0 unspecified atom stereocenters. The minimum atomic E-state index is -0.0729. The van der Waals surface area contributed by atoms with Crippen molar-refractivity contribution in [2.45, 2.75) is 26.7 Å². The number of carbonyl (C=O) groups is 1. The van der Waals surface area contributed by atoms with Crippen molar-refractivity contribution >= 4 is 11.6 Å². The molecule has 0 aliphatic rings. The Morgan fingerprint density at radius 2 is 2.18 bits per heavy atom. The van der Waals surface area contributed by atoms with Crippen molar-refractivity contribution in [3.63, 3.8) is 0 Å². The van der Waals surface area contributed by atoms with Gasteiger partial charge in [-0.25, -0.2) is 0 Å². The summed E-state index contributed by atoms with van der Waals surface area (Å²) in [5, 5.41) is 1.34. The van der Waals surface area contributed by atoms with E-state index in [1.165, 1.54) is 5.06 Å². The van der Waals surface area contributed by atoms with Crippen LogP contribution in [0.3, 0.4) is 0 Å². The number of terminal acetylenes is 1. The molecule has 1 rings (SSSR count). The standard InChI is InChI=1S/C14H17NO2/c1-4-6-11-17-15(14(16)5-2)13-10-8-7-9-12(13)3/h1,7-10H,5-6,11H2,2-3H3. The van der Waals surface area contributed by atoms with Crippen LogP contribution in [-0.4, -0.2) is 12.5 Å². The van der Waals surface area contributed by atoms with E-state index in [0.29, 0.717) is 19.4 Å². The second kappa shape index (κ2) is 6.72. The number of para-hydroxylation sites is 1. The summed E-state index contributed by atoms with van der Waals surface area (Å²) in [6.07, 6.45) is 6.04.